The number of hydrogen-bond donors (Lipinski definition) is 3. The summed E-state index contributed by atoms with van der Waals surface area (Å²) < 4.78 is 0. The number of benzene rings is 1. The van der Waals surface area contributed by atoms with Crippen molar-refractivity contribution >= 4 is 86.7 Å². The van der Waals surface area contributed by atoms with Crippen molar-refractivity contribution in [2.24, 2.45) is 0 Å². The Morgan fingerprint density at radius 3 is 2.17 bits per heavy atom. The number of fused-ring (bicyclic) bond motifs is 1. The van der Waals surface area contributed by atoms with E-state index in [-0.39, 0.29) is 36.6 Å². The highest BCUT2D eigenvalue weighted by Gasteiger charge is 2.21. The zero-order valence-corrected chi connectivity index (χ0v) is 15.1. The van der Waals surface area contributed by atoms with Crippen LogP contribution in [0, 0.1) is 0 Å². The van der Waals surface area contributed by atoms with Crippen LogP contribution in [0.3, 0.4) is 0 Å². The van der Waals surface area contributed by atoms with Gasteiger partial charge in [-0.2, -0.15) is 0 Å². The van der Waals surface area contributed by atoms with E-state index in [0.29, 0.717) is 11.2 Å². The maximum absolute atomic E-state index is 12.2. The third-order valence-corrected chi connectivity index (χ3v) is 5.18. The molecule has 0 saturated heterocycles. The second-order valence-electron chi connectivity index (χ2n) is 4.35. The number of nitrogens with one attached hydrogen (secondary N) is 3. The number of carbonyl (C=O) groups is 1. The molecule has 0 atom stereocenters. The molecule has 0 saturated carbocycles. The largest absolute Gasteiger partial charge is 0.340 e. The Morgan fingerprint density at radius 2 is 1.50 bits per heavy atom. The summed E-state index contributed by atoms with van der Waals surface area (Å²) >= 11 is 29.9. The summed E-state index contributed by atoms with van der Waals surface area (Å²) in [4.78, 5) is 26.9. The van der Waals surface area contributed by atoms with Crippen molar-refractivity contribution in [3.63, 3.8) is 0 Å². The number of aromatic amines is 1. The van der Waals surface area contributed by atoms with Gasteiger partial charge in [0.05, 0.1) is 37.1 Å². The Balaban J connectivity index is 1.90. The molecule has 24 heavy (non-hydrogen) atoms. The molecular formula is C12H5Cl5N6O. The summed E-state index contributed by atoms with van der Waals surface area (Å²) in [6, 6.07) is -0.678. The Bertz CT molecular complexity index is 930. The van der Waals surface area contributed by atoms with Gasteiger partial charge in [-0.1, -0.05) is 58.0 Å². The quantitative estimate of drug-likeness (QED) is 0.385. The van der Waals surface area contributed by atoms with Crippen LogP contribution >= 0.6 is 58.0 Å². The van der Waals surface area contributed by atoms with Gasteiger partial charge < -0.3 is 10.3 Å². The summed E-state index contributed by atoms with van der Waals surface area (Å²) in [7, 11) is 0. The van der Waals surface area contributed by atoms with Crippen LogP contribution in [0.1, 0.15) is 0 Å². The molecule has 0 aliphatic rings. The molecular weight excluding hydrogens is 421 g/mol. The number of H-pyrrole nitrogens is 1. The summed E-state index contributed by atoms with van der Waals surface area (Å²) in [6.07, 6.45) is 2.68. The molecule has 0 fully saturated rings. The number of amides is 2. The molecule has 3 rings (SSSR count). The number of rotatable bonds is 2. The SMILES string of the molecule is O=C(Nc1c(Cl)c(Cl)c(Cl)c(Cl)c1Cl)Nc1ncnc2nc[nH]c12. The van der Waals surface area contributed by atoms with Gasteiger partial charge in [0.15, 0.2) is 11.5 Å². The number of aromatic nitrogens is 4. The first-order valence-corrected chi connectivity index (χ1v) is 8.02. The van der Waals surface area contributed by atoms with Gasteiger partial charge in [0.1, 0.15) is 11.8 Å². The van der Waals surface area contributed by atoms with Crippen molar-refractivity contribution in [2.75, 3.05) is 10.6 Å². The minimum absolute atomic E-state index is 0.00531. The minimum atomic E-state index is -0.678. The van der Waals surface area contributed by atoms with E-state index < -0.39 is 6.03 Å². The lowest BCUT2D eigenvalue weighted by Gasteiger charge is -2.14. The first-order chi connectivity index (χ1) is 11.4. The Morgan fingerprint density at radius 1 is 0.875 bits per heavy atom. The van der Waals surface area contributed by atoms with Crippen LogP contribution in [0.2, 0.25) is 25.1 Å². The lowest BCUT2D eigenvalue weighted by molar-refractivity contribution is 0.262. The molecule has 2 amide bonds. The van der Waals surface area contributed by atoms with Crippen molar-refractivity contribution in [1.82, 2.24) is 19.9 Å². The zero-order valence-electron chi connectivity index (χ0n) is 11.3. The van der Waals surface area contributed by atoms with E-state index in [1.807, 2.05) is 0 Å². The fourth-order valence-electron chi connectivity index (χ4n) is 1.83. The Hall–Kier alpha value is -1.51. The van der Waals surface area contributed by atoms with Crippen molar-refractivity contribution in [1.29, 1.82) is 0 Å². The topological polar surface area (TPSA) is 95.6 Å². The van der Waals surface area contributed by atoms with Gasteiger partial charge >= 0.3 is 6.03 Å². The number of carbonyl (C=O) groups excluding carboxylic acids is 1. The van der Waals surface area contributed by atoms with Crippen LogP contribution in [-0.2, 0) is 0 Å². The van der Waals surface area contributed by atoms with Crippen molar-refractivity contribution in [3.8, 4) is 0 Å². The molecule has 12 heteroatoms. The molecule has 0 radical (unpaired) electrons. The van der Waals surface area contributed by atoms with E-state index in [9.17, 15) is 4.79 Å². The second-order valence-corrected chi connectivity index (χ2v) is 6.24. The third kappa shape index (κ3) is 3.05. The van der Waals surface area contributed by atoms with Crippen LogP contribution < -0.4 is 10.6 Å². The predicted molar refractivity (Wildman–Crippen MR) is 95.8 cm³/mol. The first kappa shape index (κ1) is 17.3. The molecule has 0 spiro atoms. The van der Waals surface area contributed by atoms with Gasteiger partial charge in [-0.15, -0.1) is 0 Å². The van der Waals surface area contributed by atoms with Crippen LogP contribution in [-0.4, -0.2) is 26.0 Å². The van der Waals surface area contributed by atoms with E-state index in [2.05, 4.69) is 30.6 Å². The molecule has 3 aromatic rings. The van der Waals surface area contributed by atoms with Gasteiger partial charge in [0, 0.05) is 0 Å². The number of hydrogen-bond acceptors (Lipinski definition) is 4. The van der Waals surface area contributed by atoms with E-state index in [0.717, 1.165) is 0 Å². The van der Waals surface area contributed by atoms with E-state index in [4.69, 9.17) is 58.0 Å². The fourth-order valence-corrected chi connectivity index (χ4v) is 3.06. The van der Waals surface area contributed by atoms with Crippen LogP contribution in [0.4, 0.5) is 16.3 Å². The van der Waals surface area contributed by atoms with Crippen molar-refractivity contribution < 1.29 is 4.79 Å². The number of urea groups is 1. The fraction of sp³-hybridized carbons (Fsp3) is 0. The molecule has 7 nitrogen and oxygen atoms in total. The van der Waals surface area contributed by atoms with Gasteiger partial charge in [-0.05, 0) is 0 Å². The van der Waals surface area contributed by atoms with Crippen LogP contribution in [0.25, 0.3) is 11.2 Å². The summed E-state index contributed by atoms with van der Waals surface area (Å²) in [5.74, 6) is 0.216. The molecule has 3 N–H and O–H groups in total. The molecule has 0 bridgehead atoms. The number of nitrogens with zero attached hydrogens (tertiary/aromatic N) is 3. The molecule has 0 aliphatic carbocycles. The maximum atomic E-state index is 12.2. The zero-order chi connectivity index (χ0) is 17.4. The molecule has 0 aliphatic heterocycles. The number of halogens is 5. The van der Waals surface area contributed by atoms with Crippen LogP contribution in [0.5, 0.6) is 0 Å². The minimum Gasteiger partial charge on any atom is -0.340 e. The van der Waals surface area contributed by atoms with Crippen molar-refractivity contribution in [3.05, 3.63) is 37.8 Å². The summed E-state index contributed by atoms with van der Waals surface area (Å²) in [6.45, 7) is 0. The van der Waals surface area contributed by atoms with Gasteiger partial charge in [0.25, 0.3) is 0 Å². The molecule has 2 aromatic heterocycles. The second kappa shape index (κ2) is 6.78. The van der Waals surface area contributed by atoms with E-state index in [1.54, 1.807) is 0 Å². The van der Waals surface area contributed by atoms with Gasteiger partial charge in [-0.25, -0.2) is 19.7 Å². The molecule has 1 aromatic carbocycles. The highest BCUT2D eigenvalue weighted by atomic mass is 35.5. The summed E-state index contributed by atoms with van der Waals surface area (Å²) in [5, 5.41) is 4.83. The molecule has 124 valence electrons. The average Bonchev–Trinajstić information content (AvgIpc) is 3.05. The van der Waals surface area contributed by atoms with Crippen LogP contribution in [0.15, 0.2) is 12.7 Å². The highest BCUT2D eigenvalue weighted by Crippen LogP contribution is 2.46. The van der Waals surface area contributed by atoms with E-state index >= 15 is 0 Å². The summed E-state index contributed by atoms with van der Waals surface area (Å²) in [5.41, 5.74) is 0.871. The highest BCUT2D eigenvalue weighted by molar-refractivity contribution is 6.56. The first-order valence-electron chi connectivity index (χ1n) is 6.13. The lowest BCUT2D eigenvalue weighted by Crippen LogP contribution is -2.21. The predicted octanol–water partition coefficient (Wildman–Crippen LogP) is 5.26. The van der Waals surface area contributed by atoms with Crippen molar-refractivity contribution in [2.45, 2.75) is 0 Å². The smallest absolute Gasteiger partial charge is 0.324 e. The van der Waals surface area contributed by atoms with Gasteiger partial charge in [0.2, 0.25) is 0 Å². The lowest BCUT2D eigenvalue weighted by atomic mass is 10.3. The Labute approximate surface area is 159 Å². The monoisotopic (exact) mass is 424 g/mol. The van der Waals surface area contributed by atoms with E-state index in [1.165, 1.54) is 12.7 Å². The standard InChI is InChI=1S/C12H5Cl5N6O/c13-3-4(14)6(16)8(7(17)5(3)15)22-12(24)23-11-9-10(19-1-18-9)20-2-21-11/h1-2H,(H3,18,19,20,21,22,23,24). The molecule has 2 heterocycles. The number of imidazole rings is 1. The maximum Gasteiger partial charge on any atom is 0.324 e. The van der Waals surface area contributed by atoms with Gasteiger partial charge in [-0.3, -0.25) is 5.32 Å². The molecule has 0 unspecified atom stereocenters. The normalized spacial score (nSPS) is 10.9. The third-order valence-electron chi connectivity index (χ3n) is 2.90. The Kier molecular flexibility index (Phi) is 4.89. The average molecular weight is 426 g/mol. The number of anilines is 2.